The smallest absolute Gasteiger partial charge is 0.160 e. The molecule has 0 saturated heterocycles. The van der Waals surface area contributed by atoms with Gasteiger partial charge < -0.3 is 9.47 Å². The Kier molecular flexibility index (Phi) is 4.44. The van der Waals surface area contributed by atoms with Crippen molar-refractivity contribution in [1.29, 1.82) is 0 Å². The lowest BCUT2D eigenvalue weighted by atomic mass is 10.2. The Bertz CT molecular complexity index is 517. The molecule has 1 aromatic heterocycles. The van der Waals surface area contributed by atoms with Crippen LogP contribution in [0.25, 0.3) is 0 Å². The van der Waals surface area contributed by atoms with Crippen LogP contribution in [-0.2, 0) is 13.2 Å². The van der Waals surface area contributed by atoms with Gasteiger partial charge in [-0.25, -0.2) is 0 Å². The van der Waals surface area contributed by atoms with E-state index in [9.17, 15) is 0 Å². The van der Waals surface area contributed by atoms with Crippen LogP contribution in [0.1, 0.15) is 24.6 Å². The number of methoxy groups -OCH3 is 1. The highest BCUT2D eigenvalue weighted by Gasteiger charge is 2.05. The average molecular weight is 260 g/mol. The first-order valence-corrected chi connectivity index (χ1v) is 6.52. The number of hydrogen-bond acceptors (Lipinski definition) is 3. The van der Waals surface area contributed by atoms with Crippen LogP contribution in [0.15, 0.2) is 30.5 Å². The molecule has 0 aliphatic carbocycles. The molecule has 0 N–H and O–H groups in total. The molecule has 0 aliphatic rings. The summed E-state index contributed by atoms with van der Waals surface area (Å²) in [5.74, 6) is 1.71. The van der Waals surface area contributed by atoms with Crippen molar-refractivity contribution in [2.75, 3.05) is 7.11 Å². The summed E-state index contributed by atoms with van der Waals surface area (Å²) < 4.78 is 12.9. The van der Waals surface area contributed by atoms with Crippen molar-refractivity contribution in [3.63, 3.8) is 0 Å². The van der Waals surface area contributed by atoms with Crippen molar-refractivity contribution >= 4 is 0 Å². The van der Waals surface area contributed by atoms with Crippen LogP contribution >= 0.6 is 0 Å². The highest BCUT2D eigenvalue weighted by molar-refractivity contribution is 5.28. The molecule has 2 aromatic rings. The van der Waals surface area contributed by atoms with Gasteiger partial charge in [-0.05, 0) is 31.0 Å². The van der Waals surface area contributed by atoms with Gasteiger partial charge in [-0.2, -0.15) is 5.10 Å². The summed E-state index contributed by atoms with van der Waals surface area (Å²) in [6, 6.07) is 7.88. The van der Waals surface area contributed by atoms with E-state index in [0.29, 0.717) is 6.61 Å². The van der Waals surface area contributed by atoms with Crippen molar-refractivity contribution in [3.05, 3.63) is 41.7 Å². The molecular weight excluding hydrogens is 240 g/mol. The van der Waals surface area contributed by atoms with Gasteiger partial charge in [-0.1, -0.05) is 19.1 Å². The third-order valence-electron chi connectivity index (χ3n) is 2.91. The minimum Gasteiger partial charge on any atom is -0.497 e. The molecule has 0 bridgehead atoms. The van der Waals surface area contributed by atoms with Gasteiger partial charge in [0.2, 0.25) is 0 Å². The molecule has 0 unspecified atom stereocenters. The number of rotatable bonds is 6. The van der Waals surface area contributed by atoms with Crippen LogP contribution in [0.5, 0.6) is 11.5 Å². The lowest BCUT2D eigenvalue weighted by molar-refractivity contribution is 0.303. The molecule has 0 fully saturated rings. The van der Waals surface area contributed by atoms with Gasteiger partial charge in [0.05, 0.1) is 13.3 Å². The molecule has 19 heavy (non-hydrogen) atoms. The molecule has 0 amide bonds. The van der Waals surface area contributed by atoms with E-state index < -0.39 is 0 Å². The second-order valence-corrected chi connectivity index (χ2v) is 4.48. The summed E-state index contributed by atoms with van der Waals surface area (Å²) in [4.78, 5) is 0. The number of aromatic nitrogens is 2. The molecule has 1 heterocycles. The van der Waals surface area contributed by atoms with Gasteiger partial charge in [0.15, 0.2) is 5.75 Å². The predicted octanol–water partition coefficient (Wildman–Crippen LogP) is 3.19. The SMILES string of the molecule is CCCn1cc(OCc2ccc(OC)cc2)c(C)n1. The van der Waals surface area contributed by atoms with E-state index in [1.54, 1.807) is 7.11 Å². The number of aryl methyl sites for hydroxylation is 2. The maximum atomic E-state index is 5.80. The quantitative estimate of drug-likeness (QED) is 0.800. The van der Waals surface area contributed by atoms with E-state index in [1.165, 1.54) is 0 Å². The first kappa shape index (κ1) is 13.5. The Morgan fingerprint density at radius 1 is 1.21 bits per heavy atom. The van der Waals surface area contributed by atoms with Crippen molar-refractivity contribution in [2.24, 2.45) is 0 Å². The highest BCUT2D eigenvalue weighted by atomic mass is 16.5. The second-order valence-electron chi connectivity index (χ2n) is 4.48. The first-order chi connectivity index (χ1) is 9.22. The molecule has 0 saturated carbocycles. The Hall–Kier alpha value is -1.97. The van der Waals surface area contributed by atoms with Gasteiger partial charge >= 0.3 is 0 Å². The maximum absolute atomic E-state index is 5.80. The normalized spacial score (nSPS) is 10.5. The number of benzene rings is 1. The topological polar surface area (TPSA) is 36.3 Å². The van der Waals surface area contributed by atoms with E-state index >= 15 is 0 Å². The zero-order valence-corrected chi connectivity index (χ0v) is 11.7. The molecule has 0 aliphatic heterocycles. The zero-order chi connectivity index (χ0) is 13.7. The summed E-state index contributed by atoms with van der Waals surface area (Å²) >= 11 is 0. The fourth-order valence-corrected chi connectivity index (χ4v) is 1.87. The predicted molar refractivity (Wildman–Crippen MR) is 74.6 cm³/mol. The van der Waals surface area contributed by atoms with Gasteiger partial charge in [-0.3, -0.25) is 4.68 Å². The van der Waals surface area contributed by atoms with Crippen LogP contribution in [0.4, 0.5) is 0 Å². The Balaban J connectivity index is 1.97. The van der Waals surface area contributed by atoms with E-state index in [4.69, 9.17) is 9.47 Å². The average Bonchev–Trinajstić information content (AvgIpc) is 2.78. The Morgan fingerprint density at radius 3 is 2.58 bits per heavy atom. The number of nitrogens with zero attached hydrogens (tertiary/aromatic N) is 2. The summed E-state index contributed by atoms with van der Waals surface area (Å²) in [6.07, 6.45) is 3.03. The number of hydrogen-bond donors (Lipinski definition) is 0. The summed E-state index contributed by atoms with van der Waals surface area (Å²) in [6.45, 7) is 5.57. The molecule has 0 atom stereocenters. The lowest BCUT2D eigenvalue weighted by Gasteiger charge is -2.05. The van der Waals surface area contributed by atoms with E-state index in [0.717, 1.165) is 35.7 Å². The summed E-state index contributed by atoms with van der Waals surface area (Å²) in [5, 5.41) is 4.41. The largest absolute Gasteiger partial charge is 0.497 e. The zero-order valence-electron chi connectivity index (χ0n) is 11.7. The second kappa shape index (κ2) is 6.27. The fraction of sp³-hybridized carbons (Fsp3) is 0.400. The van der Waals surface area contributed by atoms with Gasteiger partial charge in [0, 0.05) is 6.54 Å². The molecule has 102 valence electrons. The Labute approximate surface area is 114 Å². The van der Waals surface area contributed by atoms with Crippen molar-refractivity contribution in [1.82, 2.24) is 9.78 Å². The van der Waals surface area contributed by atoms with Crippen LogP contribution in [0.3, 0.4) is 0 Å². The van der Waals surface area contributed by atoms with E-state index in [-0.39, 0.29) is 0 Å². The molecule has 1 aromatic carbocycles. The fourth-order valence-electron chi connectivity index (χ4n) is 1.87. The van der Waals surface area contributed by atoms with Crippen LogP contribution in [0.2, 0.25) is 0 Å². The van der Waals surface area contributed by atoms with E-state index in [1.807, 2.05) is 42.1 Å². The molecule has 4 nitrogen and oxygen atoms in total. The molecule has 0 radical (unpaired) electrons. The van der Waals surface area contributed by atoms with Crippen LogP contribution in [-0.4, -0.2) is 16.9 Å². The van der Waals surface area contributed by atoms with Crippen LogP contribution < -0.4 is 9.47 Å². The third-order valence-corrected chi connectivity index (χ3v) is 2.91. The Morgan fingerprint density at radius 2 is 1.95 bits per heavy atom. The van der Waals surface area contributed by atoms with Crippen molar-refractivity contribution in [3.8, 4) is 11.5 Å². The summed E-state index contributed by atoms with van der Waals surface area (Å²) in [7, 11) is 1.66. The molecule has 4 heteroatoms. The highest BCUT2D eigenvalue weighted by Crippen LogP contribution is 2.18. The van der Waals surface area contributed by atoms with Crippen LogP contribution in [0, 0.1) is 6.92 Å². The molecule has 2 rings (SSSR count). The standard InChI is InChI=1S/C15H20N2O2/c1-4-9-17-10-15(12(2)16-17)19-11-13-5-7-14(18-3)8-6-13/h5-8,10H,4,9,11H2,1-3H3. The lowest BCUT2D eigenvalue weighted by Crippen LogP contribution is -1.96. The van der Waals surface area contributed by atoms with E-state index in [2.05, 4.69) is 12.0 Å². The minimum atomic E-state index is 0.544. The molecule has 0 spiro atoms. The first-order valence-electron chi connectivity index (χ1n) is 6.52. The third kappa shape index (κ3) is 3.50. The van der Waals surface area contributed by atoms with Gasteiger partial charge in [-0.15, -0.1) is 0 Å². The van der Waals surface area contributed by atoms with Crippen molar-refractivity contribution in [2.45, 2.75) is 33.4 Å². The van der Waals surface area contributed by atoms with Crippen molar-refractivity contribution < 1.29 is 9.47 Å². The molecular formula is C15H20N2O2. The summed E-state index contributed by atoms with van der Waals surface area (Å²) in [5.41, 5.74) is 2.05. The maximum Gasteiger partial charge on any atom is 0.160 e. The minimum absolute atomic E-state index is 0.544. The monoisotopic (exact) mass is 260 g/mol. The van der Waals surface area contributed by atoms with Gasteiger partial charge in [0.25, 0.3) is 0 Å². The van der Waals surface area contributed by atoms with Gasteiger partial charge in [0.1, 0.15) is 18.1 Å². The number of ether oxygens (including phenoxy) is 2.